The van der Waals surface area contributed by atoms with Gasteiger partial charge in [-0.15, -0.1) is 0 Å². The van der Waals surface area contributed by atoms with Crippen molar-refractivity contribution in [2.75, 3.05) is 23.4 Å². The van der Waals surface area contributed by atoms with Gasteiger partial charge in [-0.3, -0.25) is 4.79 Å². The average Bonchev–Trinajstić information content (AvgIpc) is 2.91. The Kier molecular flexibility index (Phi) is 5.15. The average molecular weight is 401 g/mol. The lowest BCUT2D eigenvalue weighted by atomic mass is 10.0. The van der Waals surface area contributed by atoms with Crippen LogP contribution >= 0.6 is 0 Å². The van der Waals surface area contributed by atoms with Crippen molar-refractivity contribution in [1.82, 2.24) is 4.31 Å². The van der Waals surface area contributed by atoms with E-state index < -0.39 is 25.9 Å². The zero-order valence-corrected chi connectivity index (χ0v) is 16.6. The number of amides is 1. The molecular weight excluding hydrogens is 376 g/mol. The van der Waals surface area contributed by atoms with Crippen LogP contribution in [0.2, 0.25) is 0 Å². The number of sulfonamides is 1. The van der Waals surface area contributed by atoms with E-state index in [0.717, 1.165) is 5.56 Å². The van der Waals surface area contributed by atoms with Gasteiger partial charge in [0.1, 0.15) is 0 Å². The van der Waals surface area contributed by atoms with Crippen LogP contribution in [-0.2, 0) is 31.1 Å². The molecule has 1 amide bonds. The topological polar surface area (TPSA) is 101 Å². The fourth-order valence-corrected chi connectivity index (χ4v) is 7.16. The monoisotopic (exact) mass is 400 g/mol. The molecular formula is C17H24N2O5S2. The number of nitrogens with zero attached hydrogens (tertiary/aromatic N) is 1. The summed E-state index contributed by atoms with van der Waals surface area (Å²) in [6.07, 6.45) is 1.15. The number of carbonyl (C=O) groups excluding carboxylic acids is 1. The molecule has 2 aliphatic rings. The molecule has 0 bridgehead atoms. The summed E-state index contributed by atoms with van der Waals surface area (Å²) < 4.78 is 51.6. The zero-order valence-electron chi connectivity index (χ0n) is 14.9. The molecule has 144 valence electrons. The molecule has 3 rings (SSSR count). The summed E-state index contributed by atoms with van der Waals surface area (Å²) in [6, 6.07) is 4.17. The Morgan fingerprint density at radius 1 is 1.27 bits per heavy atom. The molecule has 1 atom stereocenters. The highest BCUT2D eigenvalue weighted by molar-refractivity contribution is 7.92. The summed E-state index contributed by atoms with van der Waals surface area (Å²) in [5, 5.41) is 2.74. The molecule has 2 heterocycles. The van der Waals surface area contributed by atoms with Crippen LogP contribution in [0.25, 0.3) is 0 Å². The summed E-state index contributed by atoms with van der Waals surface area (Å²) in [4.78, 5) is 11.6. The van der Waals surface area contributed by atoms with Crippen molar-refractivity contribution < 1.29 is 21.6 Å². The Balaban J connectivity index is 1.96. The Hall–Kier alpha value is -1.45. The third kappa shape index (κ3) is 3.94. The number of fused-ring (bicyclic) bond motifs is 1. The molecule has 1 fully saturated rings. The Labute approximate surface area is 154 Å². The van der Waals surface area contributed by atoms with Gasteiger partial charge in [-0.1, -0.05) is 13.8 Å². The molecule has 0 aliphatic carbocycles. The van der Waals surface area contributed by atoms with Crippen molar-refractivity contribution in [1.29, 1.82) is 0 Å². The first-order valence-corrected chi connectivity index (χ1v) is 12.0. The van der Waals surface area contributed by atoms with Gasteiger partial charge < -0.3 is 5.32 Å². The SMILES string of the molecule is CC(C)CN([C@H]1CCS(=O)(=O)C1)S(=O)(=O)c1ccc2c(c1)CCC(=O)N2. The van der Waals surface area contributed by atoms with Crippen molar-refractivity contribution in [3.05, 3.63) is 23.8 Å². The molecule has 0 radical (unpaired) electrons. The third-order valence-corrected chi connectivity index (χ3v) is 8.40. The van der Waals surface area contributed by atoms with Crippen LogP contribution in [0, 0.1) is 5.92 Å². The van der Waals surface area contributed by atoms with E-state index >= 15 is 0 Å². The number of nitrogens with one attached hydrogen (secondary N) is 1. The van der Waals surface area contributed by atoms with Crippen molar-refractivity contribution in [3.8, 4) is 0 Å². The second-order valence-electron chi connectivity index (χ2n) is 7.39. The zero-order chi connectivity index (χ0) is 19.1. The fourth-order valence-electron chi connectivity index (χ4n) is 3.46. The lowest BCUT2D eigenvalue weighted by Crippen LogP contribution is -2.43. The van der Waals surface area contributed by atoms with Gasteiger partial charge in [-0.25, -0.2) is 16.8 Å². The van der Waals surface area contributed by atoms with E-state index in [9.17, 15) is 21.6 Å². The summed E-state index contributed by atoms with van der Waals surface area (Å²) in [6.45, 7) is 4.10. The number of rotatable bonds is 5. The van der Waals surface area contributed by atoms with Crippen LogP contribution in [-0.4, -0.2) is 51.1 Å². The number of carbonyl (C=O) groups is 1. The summed E-state index contributed by atoms with van der Waals surface area (Å²) >= 11 is 0. The quantitative estimate of drug-likeness (QED) is 0.805. The van der Waals surface area contributed by atoms with Gasteiger partial charge in [0.05, 0.1) is 16.4 Å². The van der Waals surface area contributed by atoms with Gasteiger partial charge in [0.2, 0.25) is 15.9 Å². The van der Waals surface area contributed by atoms with E-state index in [-0.39, 0.29) is 34.8 Å². The molecule has 0 spiro atoms. The first-order chi connectivity index (χ1) is 12.1. The van der Waals surface area contributed by atoms with E-state index in [1.165, 1.54) is 10.4 Å². The maximum Gasteiger partial charge on any atom is 0.243 e. The maximum absolute atomic E-state index is 13.3. The number of anilines is 1. The number of hydrogen-bond acceptors (Lipinski definition) is 5. The van der Waals surface area contributed by atoms with Crippen LogP contribution < -0.4 is 5.32 Å². The van der Waals surface area contributed by atoms with E-state index in [0.29, 0.717) is 24.9 Å². The minimum Gasteiger partial charge on any atom is -0.326 e. The number of sulfone groups is 1. The highest BCUT2D eigenvalue weighted by Crippen LogP contribution is 2.30. The molecule has 0 unspecified atom stereocenters. The van der Waals surface area contributed by atoms with Gasteiger partial charge >= 0.3 is 0 Å². The molecule has 26 heavy (non-hydrogen) atoms. The number of benzene rings is 1. The molecule has 1 aromatic carbocycles. The summed E-state index contributed by atoms with van der Waals surface area (Å²) in [5.74, 6) is -0.103. The Morgan fingerprint density at radius 3 is 2.62 bits per heavy atom. The second kappa shape index (κ2) is 6.94. The smallest absolute Gasteiger partial charge is 0.243 e. The van der Waals surface area contributed by atoms with Crippen LogP contribution in [0.5, 0.6) is 0 Å². The maximum atomic E-state index is 13.3. The third-order valence-electron chi connectivity index (χ3n) is 4.74. The van der Waals surface area contributed by atoms with E-state index in [4.69, 9.17) is 0 Å². The minimum absolute atomic E-state index is 0.0258. The largest absolute Gasteiger partial charge is 0.326 e. The lowest BCUT2D eigenvalue weighted by molar-refractivity contribution is -0.116. The van der Waals surface area contributed by atoms with Gasteiger partial charge in [0, 0.05) is 24.7 Å². The Bertz CT molecular complexity index is 922. The molecule has 1 N–H and O–H groups in total. The number of hydrogen-bond donors (Lipinski definition) is 1. The van der Waals surface area contributed by atoms with Crippen molar-refractivity contribution in [2.24, 2.45) is 5.92 Å². The van der Waals surface area contributed by atoms with Crippen LogP contribution in [0.15, 0.2) is 23.1 Å². The highest BCUT2D eigenvalue weighted by Gasteiger charge is 2.39. The van der Waals surface area contributed by atoms with Crippen molar-refractivity contribution >= 4 is 31.5 Å². The van der Waals surface area contributed by atoms with Gasteiger partial charge in [-0.2, -0.15) is 4.31 Å². The van der Waals surface area contributed by atoms with Crippen LogP contribution in [0.3, 0.4) is 0 Å². The first kappa shape index (κ1) is 19.3. The van der Waals surface area contributed by atoms with Gasteiger partial charge in [0.15, 0.2) is 9.84 Å². The van der Waals surface area contributed by atoms with E-state index in [1.807, 2.05) is 13.8 Å². The van der Waals surface area contributed by atoms with Crippen molar-refractivity contribution in [3.63, 3.8) is 0 Å². The van der Waals surface area contributed by atoms with Gasteiger partial charge in [0.25, 0.3) is 0 Å². The van der Waals surface area contributed by atoms with Crippen LogP contribution in [0.1, 0.15) is 32.3 Å². The second-order valence-corrected chi connectivity index (χ2v) is 11.5. The fraction of sp³-hybridized carbons (Fsp3) is 0.588. The van der Waals surface area contributed by atoms with Crippen LogP contribution in [0.4, 0.5) is 5.69 Å². The predicted molar refractivity (Wildman–Crippen MR) is 99.2 cm³/mol. The summed E-state index contributed by atoms with van der Waals surface area (Å²) in [7, 11) is -7.01. The molecule has 1 aromatic rings. The predicted octanol–water partition coefficient (Wildman–Crippen LogP) is 1.41. The standard InChI is InChI=1S/C17H24N2O5S2/c1-12(2)10-19(14-7-8-25(21,22)11-14)26(23,24)15-4-5-16-13(9-15)3-6-17(20)18-16/h4-5,9,12,14H,3,6-8,10-11H2,1-2H3,(H,18,20)/t14-/m0/s1. The van der Waals surface area contributed by atoms with Crippen molar-refractivity contribution in [2.45, 2.75) is 44.0 Å². The molecule has 0 saturated carbocycles. The molecule has 7 nitrogen and oxygen atoms in total. The van der Waals surface area contributed by atoms with Gasteiger partial charge in [-0.05, 0) is 42.5 Å². The molecule has 0 aromatic heterocycles. The number of aryl methyl sites for hydroxylation is 1. The summed E-state index contributed by atoms with van der Waals surface area (Å²) in [5.41, 5.74) is 1.42. The first-order valence-electron chi connectivity index (χ1n) is 8.73. The molecule has 1 saturated heterocycles. The van der Waals surface area contributed by atoms with E-state index in [2.05, 4.69) is 5.32 Å². The Morgan fingerprint density at radius 2 is 2.00 bits per heavy atom. The molecule has 2 aliphatic heterocycles. The lowest BCUT2D eigenvalue weighted by Gasteiger charge is -2.29. The minimum atomic E-state index is -3.82. The molecule has 9 heteroatoms. The highest BCUT2D eigenvalue weighted by atomic mass is 32.2. The normalized spacial score (nSPS) is 22.5. The van der Waals surface area contributed by atoms with E-state index in [1.54, 1.807) is 12.1 Å².